The highest BCUT2D eigenvalue weighted by molar-refractivity contribution is 5.38. The molecule has 0 spiro atoms. The predicted molar refractivity (Wildman–Crippen MR) is 82.3 cm³/mol. The van der Waals surface area contributed by atoms with Crippen molar-refractivity contribution in [3.8, 4) is 5.75 Å². The minimum atomic E-state index is -0.486. The van der Waals surface area contributed by atoms with Crippen LogP contribution in [0.3, 0.4) is 0 Å². The molecule has 0 saturated carbocycles. The lowest BCUT2D eigenvalue weighted by molar-refractivity contribution is 0.178. The Hall–Kier alpha value is -1.80. The lowest BCUT2D eigenvalue weighted by Gasteiger charge is -2.15. The summed E-state index contributed by atoms with van der Waals surface area (Å²) in [7, 11) is 1.66. The molecule has 1 atom stereocenters. The molecule has 0 fully saturated rings. The highest BCUT2D eigenvalue weighted by Crippen LogP contribution is 2.25. The molecule has 20 heavy (non-hydrogen) atoms. The van der Waals surface area contributed by atoms with Gasteiger partial charge in [-0.1, -0.05) is 29.8 Å². The van der Waals surface area contributed by atoms with Crippen LogP contribution in [-0.2, 0) is 6.42 Å². The van der Waals surface area contributed by atoms with Crippen LogP contribution in [0.5, 0.6) is 5.75 Å². The standard InChI is InChI=1S/C18H22O2/c1-12-5-6-13(2)16(9-12)11-17(19)15-7-8-18(20-4)14(3)10-15/h5-10,17,19H,11H2,1-4H3. The topological polar surface area (TPSA) is 29.5 Å². The van der Waals surface area contributed by atoms with Gasteiger partial charge < -0.3 is 9.84 Å². The average Bonchev–Trinajstić information content (AvgIpc) is 2.42. The molecule has 0 radical (unpaired) electrons. The first-order valence-electron chi connectivity index (χ1n) is 6.90. The van der Waals surface area contributed by atoms with Crippen molar-refractivity contribution in [3.05, 3.63) is 64.2 Å². The van der Waals surface area contributed by atoms with Crippen molar-refractivity contribution >= 4 is 0 Å². The third kappa shape index (κ3) is 3.20. The SMILES string of the molecule is COc1ccc(C(O)Cc2cc(C)ccc2C)cc1C. The van der Waals surface area contributed by atoms with Gasteiger partial charge in [0, 0.05) is 6.42 Å². The van der Waals surface area contributed by atoms with Crippen LogP contribution in [0.4, 0.5) is 0 Å². The van der Waals surface area contributed by atoms with E-state index < -0.39 is 6.10 Å². The summed E-state index contributed by atoms with van der Waals surface area (Å²) in [5, 5.41) is 10.4. The predicted octanol–water partition coefficient (Wildman–Crippen LogP) is 3.90. The minimum Gasteiger partial charge on any atom is -0.496 e. The molecule has 2 rings (SSSR count). The molecule has 0 saturated heterocycles. The Labute approximate surface area is 121 Å². The second-order valence-electron chi connectivity index (χ2n) is 5.38. The smallest absolute Gasteiger partial charge is 0.121 e. The van der Waals surface area contributed by atoms with Crippen LogP contribution in [0.2, 0.25) is 0 Å². The van der Waals surface area contributed by atoms with Gasteiger partial charge in [-0.05, 0) is 55.2 Å². The Bertz CT molecular complexity index is 602. The third-order valence-corrected chi connectivity index (χ3v) is 3.72. The molecule has 0 heterocycles. The summed E-state index contributed by atoms with van der Waals surface area (Å²) in [6, 6.07) is 12.2. The molecule has 106 valence electrons. The minimum absolute atomic E-state index is 0.486. The molecule has 2 nitrogen and oxygen atoms in total. The van der Waals surface area contributed by atoms with E-state index in [-0.39, 0.29) is 0 Å². The lowest BCUT2D eigenvalue weighted by Crippen LogP contribution is -2.04. The van der Waals surface area contributed by atoms with Crippen molar-refractivity contribution in [1.82, 2.24) is 0 Å². The van der Waals surface area contributed by atoms with E-state index in [1.807, 2.05) is 25.1 Å². The molecule has 1 unspecified atom stereocenters. The summed E-state index contributed by atoms with van der Waals surface area (Å²) in [4.78, 5) is 0. The van der Waals surface area contributed by atoms with Crippen molar-refractivity contribution in [2.45, 2.75) is 33.3 Å². The van der Waals surface area contributed by atoms with Gasteiger partial charge in [0.1, 0.15) is 5.75 Å². The average molecular weight is 270 g/mol. The largest absolute Gasteiger partial charge is 0.496 e. The Morgan fingerprint density at radius 1 is 1.00 bits per heavy atom. The zero-order valence-electron chi connectivity index (χ0n) is 12.6. The van der Waals surface area contributed by atoms with Gasteiger partial charge in [0.25, 0.3) is 0 Å². The molecule has 2 aromatic carbocycles. The third-order valence-electron chi connectivity index (χ3n) is 3.72. The van der Waals surface area contributed by atoms with Gasteiger partial charge in [0.15, 0.2) is 0 Å². The van der Waals surface area contributed by atoms with Crippen LogP contribution in [0, 0.1) is 20.8 Å². The molecule has 0 bridgehead atoms. The molecule has 0 aliphatic carbocycles. The fourth-order valence-corrected chi connectivity index (χ4v) is 2.46. The number of aryl methyl sites for hydroxylation is 3. The van der Waals surface area contributed by atoms with Crippen molar-refractivity contribution in [3.63, 3.8) is 0 Å². The molecule has 0 aromatic heterocycles. The van der Waals surface area contributed by atoms with Gasteiger partial charge in [-0.15, -0.1) is 0 Å². The summed E-state index contributed by atoms with van der Waals surface area (Å²) in [5.41, 5.74) is 5.63. The van der Waals surface area contributed by atoms with Crippen LogP contribution in [-0.4, -0.2) is 12.2 Å². The molecule has 0 aliphatic heterocycles. The van der Waals surface area contributed by atoms with Gasteiger partial charge >= 0.3 is 0 Å². The van der Waals surface area contributed by atoms with Crippen LogP contribution >= 0.6 is 0 Å². The van der Waals surface area contributed by atoms with Gasteiger partial charge in [-0.3, -0.25) is 0 Å². The molecule has 0 aliphatic rings. The molecular formula is C18H22O2. The van der Waals surface area contributed by atoms with Crippen molar-refractivity contribution < 1.29 is 9.84 Å². The van der Waals surface area contributed by atoms with E-state index in [4.69, 9.17) is 4.74 Å². The van der Waals surface area contributed by atoms with Gasteiger partial charge in [0.2, 0.25) is 0 Å². The first-order valence-corrected chi connectivity index (χ1v) is 6.90. The van der Waals surface area contributed by atoms with Crippen molar-refractivity contribution in [1.29, 1.82) is 0 Å². The van der Waals surface area contributed by atoms with E-state index in [0.717, 1.165) is 16.9 Å². The molecule has 0 amide bonds. The summed E-state index contributed by atoms with van der Waals surface area (Å²) in [6.45, 7) is 6.15. The molecule has 1 N–H and O–H groups in total. The highest BCUT2D eigenvalue weighted by atomic mass is 16.5. The maximum absolute atomic E-state index is 10.4. The van der Waals surface area contributed by atoms with E-state index in [1.165, 1.54) is 16.7 Å². The lowest BCUT2D eigenvalue weighted by atomic mass is 9.96. The summed E-state index contributed by atoms with van der Waals surface area (Å²) >= 11 is 0. The van der Waals surface area contributed by atoms with E-state index >= 15 is 0 Å². The zero-order valence-corrected chi connectivity index (χ0v) is 12.6. The Kier molecular flexibility index (Phi) is 4.46. The van der Waals surface area contributed by atoms with Gasteiger partial charge in [-0.2, -0.15) is 0 Å². The summed E-state index contributed by atoms with van der Waals surface area (Å²) in [5.74, 6) is 0.854. The van der Waals surface area contributed by atoms with Gasteiger partial charge in [-0.25, -0.2) is 0 Å². The van der Waals surface area contributed by atoms with Crippen LogP contribution < -0.4 is 4.74 Å². The first-order chi connectivity index (χ1) is 9.51. The number of aliphatic hydroxyl groups excluding tert-OH is 1. The van der Waals surface area contributed by atoms with Gasteiger partial charge in [0.05, 0.1) is 13.2 Å². The number of hydrogen-bond acceptors (Lipinski definition) is 2. The Balaban J connectivity index is 2.21. The number of ether oxygens (including phenoxy) is 1. The number of methoxy groups -OCH3 is 1. The van der Waals surface area contributed by atoms with E-state index in [0.29, 0.717) is 6.42 Å². The normalized spacial score (nSPS) is 12.2. The maximum Gasteiger partial charge on any atom is 0.121 e. The van der Waals surface area contributed by atoms with E-state index in [1.54, 1.807) is 7.11 Å². The van der Waals surface area contributed by atoms with E-state index in [9.17, 15) is 5.11 Å². The monoisotopic (exact) mass is 270 g/mol. The molecule has 2 aromatic rings. The summed E-state index contributed by atoms with van der Waals surface area (Å²) in [6.07, 6.45) is 0.152. The van der Waals surface area contributed by atoms with Crippen LogP contribution in [0.1, 0.15) is 33.9 Å². The quantitative estimate of drug-likeness (QED) is 0.913. The van der Waals surface area contributed by atoms with Crippen molar-refractivity contribution in [2.24, 2.45) is 0 Å². The fourth-order valence-electron chi connectivity index (χ4n) is 2.46. The van der Waals surface area contributed by atoms with Crippen LogP contribution in [0.15, 0.2) is 36.4 Å². The number of hydrogen-bond donors (Lipinski definition) is 1. The number of rotatable bonds is 4. The Morgan fingerprint density at radius 3 is 2.40 bits per heavy atom. The summed E-state index contributed by atoms with van der Waals surface area (Å²) < 4.78 is 5.25. The highest BCUT2D eigenvalue weighted by Gasteiger charge is 2.12. The second-order valence-corrected chi connectivity index (χ2v) is 5.38. The zero-order chi connectivity index (χ0) is 14.7. The second kappa shape index (κ2) is 6.10. The van der Waals surface area contributed by atoms with Crippen LogP contribution in [0.25, 0.3) is 0 Å². The molecular weight excluding hydrogens is 248 g/mol. The van der Waals surface area contributed by atoms with E-state index in [2.05, 4.69) is 32.0 Å². The maximum atomic E-state index is 10.4. The van der Waals surface area contributed by atoms with Crippen molar-refractivity contribution in [2.75, 3.05) is 7.11 Å². The Morgan fingerprint density at radius 2 is 1.75 bits per heavy atom. The fraction of sp³-hybridized carbons (Fsp3) is 0.333. The molecule has 2 heteroatoms. The number of benzene rings is 2. The number of aliphatic hydroxyl groups is 1. The first kappa shape index (κ1) is 14.6.